The molecule has 0 fully saturated rings. The molecule has 0 bridgehead atoms. The highest BCUT2D eigenvalue weighted by Gasteiger charge is 2.24. The maximum absolute atomic E-state index is 12.8. The van der Waals surface area contributed by atoms with Gasteiger partial charge >= 0.3 is 17.7 Å². The number of fused-ring (bicyclic) bond motifs is 1. The first-order chi connectivity index (χ1) is 17.9. The summed E-state index contributed by atoms with van der Waals surface area (Å²) in [5.41, 5.74) is 2.85. The van der Waals surface area contributed by atoms with Gasteiger partial charge in [0.15, 0.2) is 5.75 Å². The third-order valence-electron chi connectivity index (χ3n) is 5.97. The average Bonchev–Trinajstić information content (AvgIpc) is 2.90. The van der Waals surface area contributed by atoms with Gasteiger partial charge in [0.2, 0.25) is 0 Å². The molecule has 1 aromatic heterocycles. The number of rotatable bonds is 8. The van der Waals surface area contributed by atoms with E-state index in [1.54, 1.807) is 13.0 Å². The van der Waals surface area contributed by atoms with Gasteiger partial charge < -0.3 is 19.2 Å². The summed E-state index contributed by atoms with van der Waals surface area (Å²) in [6.45, 7) is 3.62. The molecule has 1 heterocycles. The van der Waals surface area contributed by atoms with Crippen LogP contribution in [0.3, 0.4) is 0 Å². The monoisotopic (exact) mass is 519 g/mol. The van der Waals surface area contributed by atoms with Crippen molar-refractivity contribution in [2.24, 2.45) is 0 Å². The van der Waals surface area contributed by atoms with Crippen molar-refractivity contribution in [3.8, 4) is 5.75 Å². The number of carbonyl (C=O) groups is 2. The maximum atomic E-state index is 12.8. The van der Waals surface area contributed by atoms with Crippen LogP contribution in [-0.2, 0) is 22.6 Å². The van der Waals surface area contributed by atoms with Crippen molar-refractivity contribution >= 4 is 34.6 Å². The molecule has 190 valence electrons. The summed E-state index contributed by atoms with van der Waals surface area (Å²) >= 11 is 6.43. The minimum Gasteiger partial charge on any atom is -0.445 e. The van der Waals surface area contributed by atoms with E-state index in [4.69, 9.17) is 25.5 Å². The number of hydrogen-bond acceptors (Lipinski definition) is 6. The number of amides is 1. The van der Waals surface area contributed by atoms with Crippen molar-refractivity contribution in [2.75, 3.05) is 0 Å². The number of ether oxygens (including phenoxy) is 2. The molecule has 4 aromatic rings. The fourth-order valence-electron chi connectivity index (χ4n) is 3.89. The molecule has 1 amide bonds. The molecule has 4 rings (SSSR count). The Balaban J connectivity index is 1.48. The van der Waals surface area contributed by atoms with Crippen molar-refractivity contribution in [2.45, 2.75) is 39.3 Å². The summed E-state index contributed by atoms with van der Waals surface area (Å²) < 4.78 is 16.2. The third-order valence-corrected chi connectivity index (χ3v) is 6.27. The van der Waals surface area contributed by atoms with Crippen molar-refractivity contribution in [1.29, 1.82) is 0 Å². The van der Waals surface area contributed by atoms with Crippen LogP contribution in [0.2, 0.25) is 5.02 Å². The number of benzene rings is 3. The van der Waals surface area contributed by atoms with Gasteiger partial charge in [-0.2, -0.15) is 0 Å². The normalized spacial score (nSPS) is 11.6. The molecule has 37 heavy (non-hydrogen) atoms. The molecule has 0 spiro atoms. The molecule has 1 N–H and O–H groups in total. The van der Waals surface area contributed by atoms with Crippen LogP contribution in [0, 0.1) is 6.92 Å². The second kappa shape index (κ2) is 11.8. The van der Waals surface area contributed by atoms with Gasteiger partial charge in [0.25, 0.3) is 0 Å². The number of aryl methyl sites for hydroxylation is 1. The summed E-state index contributed by atoms with van der Waals surface area (Å²) in [6.07, 6.45) is -0.0600. The smallest absolute Gasteiger partial charge is 0.408 e. The minimum atomic E-state index is -0.961. The van der Waals surface area contributed by atoms with E-state index in [1.165, 1.54) is 6.07 Å². The molecule has 0 saturated heterocycles. The molecule has 3 aromatic carbocycles. The lowest BCUT2D eigenvalue weighted by molar-refractivity contribution is -0.136. The summed E-state index contributed by atoms with van der Waals surface area (Å²) in [5.74, 6) is -0.699. The van der Waals surface area contributed by atoms with E-state index < -0.39 is 23.7 Å². The molecule has 0 saturated carbocycles. The topological polar surface area (TPSA) is 94.8 Å². The molecule has 0 aliphatic heterocycles. The highest BCUT2D eigenvalue weighted by molar-refractivity contribution is 6.33. The second-order valence-electron chi connectivity index (χ2n) is 8.52. The number of esters is 1. The van der Waals surface area contributed by atoms with E-state index in [0.717, 1.165) is 16.7 Å². The van der Waals surface area contributed by atoms with Crippen LogP contribution in [0.15, 0.2) is 82.0 Å². The Labute approximate surface area is 219 Å². The van der Waals surface area contributed by atoms with Gasteiger partial charge in [0.1, 0.15) is 18.2 Å². The largest absolute Gasteiger partial charge is 0.445 e. The van der Waals surface area contributed by atoms with Crippen LogP contribution in [-0.4, -0.2) is 18.1 Å². The predicted molar refractivity (Wildman–Crippen MR) is 141 cm³/mol. The fourth-order valence-corrected chi connectivity index (χ4v) is 4.09. The first kappa shape index (κ1) is 26.0. The molecule has 8 heteroatoms. The van der Waals surface area contributed by atoms with Crippen LogP contribution in [0.4, 0.5) is 4.79 Å². The van der Waals surface area contributed by atoms with Gasteiger partial charge in [0, 0.05) is 23.4 Å². The lowest BCUT2D eigenvalue weighted by Gasteiger charge is -2.17. The van der Waals surface area contributed by atoms with Crippen LogP contribution in [0.5, 0.6) is 5.75 Å². The zero-order chi connectivity index (χ0) is 26.4. The predicted octanol–water partition coefficient (Wildman–Crippen LogP) is 5.96. The van der Waals surface area contributed by atoms with E-state index in [1.807, 2.05) is 67.6 Å². The SMILES string of the molecule is CCC(NC(=O)OCc1ccccc1)C(=O)Oc1cc2oc(=O)c(Cc3ccccc3)c(C)c2cc1Cl. The van der Waals surface area contributed by atoms with Gasteiger partial charge in [-0.15, -0.1) is 0 Å². The van der Waals surface area contributed by atoms with E-state index in [2.05, 4.69) is 5.32 Å². The Bertz CT molecular complexity index is 1470. The first-order valence-corrected chi connectivity index (χ1v) is 12.2. The summed E-state index contributed by atoms with van der Waals surface area (Å²) in [4.78, 5) is 37.7. The molecular formula is C29H26ClNO6. The first-order valence-electron chi connectivity index (χ1n) is 11.8. The number of alkyl carbamates (subject to hydrolysis) is 1. The van der Waals surface area contributed by atoms with E-state index in [9.17, 15) is 14.4 Å². The van der Waals surface area contributed by atoms with Crippen LogP contribution < -0.4 is 15.7 Å². The molecule has 0 aliphatic carbocycles. The lowest BCUT2D eigenvalue weighted by atomic mass is 9.99. The van der Waals surface area contributed by atoms with E-state index >= 15 is 0 Å². The van der Waals surface area contributed by atoms with Crippen molar-refractivity contribution in [3.63, 3.8) is 0 Å². The second-order valence-corrected chi connectivity index (χ2v) is 8.93. The number of halogens is 1. The minimum absolute atomic E-state index is 0.0235. The van der Waals surface area contributed by atoms with Gasteiger partial charge in [-0.25, -0.2) is 14.4 Å². The highest BCUT2D eigenvalue weighted by atomic mass is 35.5. The summed E-state index contributed by atoms with van der Waals surface area (Å²) in [7, 11) is 0. The quantitative estimate of drug-likeness (QED) is 0.175. The third kappa shape index (κ3) is 6.37. The maximum Gasteiger partial charge on any atom is 0.408 e. The zero-order valence-electron chi connectivity index (χ0n) is 20.5. The standard InChI is InChI=1S/C29H26ClNO6/c1-3-24(31-29(34)35-17-20-12-8-5-9-13-20)28(33)37-26-16-25-21(15-23(26)30)18(2)22(27(32)36-25)14-19-10-6-4-7-11-19/h4-13,15-16,24H,3,14,17H2,1-2H3,(H,31,34). The molecule has 7 nitrogen and oxygen atoms in total. The van der Waals surface area contributed by atoms with Gasteiger partial charge in [0.05, 0.1) is 5.02 Å². The molecule has 1 atom stereocenters. The number of carbonyl (C=O) groups excluding carboxylic acids is 2. The number of nitrogens with one attached hydrogen (secondary N) is 1. The molecule has 0 radical (unpaired) electrons. The fraction of sp³-hybridized carbons (Fsp3) is 0.207. The molecular weight excluding hydrogens is 494 g/mol. The van der Waals surface area contributed by atoms with Crippen LogP contribution in [0.25, 0.3) is 11.0 Å². The van der Waals surface area contributed by atoms with E-state index in [0.29, 0.717) is 17.4 Å². The van der Waals surface area contributed by atoms with E-state index in [-0.39, 0.29) is 29.4 Å². The van der Waals surface area contributed by atoms with Crippen molar-refractivity contribution in [1.82, 2.24) is 5.32 Å². The Morgan fingerprint density at radius 3 is 2.30 bits per heavy atom. The van der Waals surface area contributed by atoms with Gasteiger partial charge in [-0.05, 0) is 36.1 Å². The molecule has 0 aliphatic rings. The van der Waals surface area contributed by atoms with Crippen molar-refractivity contribution < 1.29 is 23.5 Å². The number of hydrogen-bond donors (Lipinski definition) is 1. The lowest BCUT2D eigenvalue weighted by Crippen LogP contribution is -2.42. The summed E-state index contributed by atoms with van der Waals surface area (Å²) in [5, 5.41) is 3.32. The Kier molecular flexibility index (Phi) is 8.25. The highest BCUT2D eigenvalue weighted by Crippen LogP contribution is 2.32. The average molecular weight is 520 g/mol. The Morgan fingerprint density at radius 2 is 1.65 bits per heavy atom. The Morgan fingerprint density at radius 1 is 1.00 bits per heavy atom. The summed E-state index contributed by atoms with van der Waals surface area (Å²) in [6, 6.07) is 20.8. The molecule has 1 unspecified atom stereocenters. The Hall–Kier alpha value is -4.10. The van der Waals surface area contributed by atoms with Gasteiger partial charge in [-0.1, -0.05) is 79.2 Å². The zero-order valence-corrected chi connectivity index (χ0v) is 21.2. The van der Waals surface area contributed by atoms with Crippen molar-refractivity contribution in [3.05, 3.63) is 110 Å². The van der Waals surface area contributed by atoms with Gasteiger partial charge in [-0.3, -0.25) is 0 Å². The van der Waals surface area contributed by atoms with Crippen LogP contribution in [0.1, 0.15) is 35.6 Å². The van der Waals surface area contributed by atoms with Crippen LogP contribution >= 0.6 is 11.6 Å².